The van der Waals surface area contributed by atoms with E-state index in [2.05, 4.69) is 252 Å². The Morgan fingerprint density at radius 3 is 1.24 bits per heavy atom. The van der Waals surface area contributed by atoms with Crippen LogP contribution >= 0.6 is 17.2 Å². The minimum atomic E-state index is -6.07. The molecule has 0 N–H and O–H groups in total. The molecular weight excluding hydrogens is 1120 g/mol. The van der Waals surface area contributed by atoms with Gasteiger partial charge in [-0.15, -0.1) is 0 Å². The van der Waals surface area contributed by atoms with E-state index < -0.39 is 25.7 Å². The average molecular weight is 1180 g/mol. The molecule has 0 radical (unpaired) electrons. The summed E-state index contributed by atoms with van der Waals surface area (Å²) in [7, 11) is 18.4. The Morgan fingerprint density at radius 2 is 0.743 bits per heavy atom. The molecule has 361 valence electrons. The van der Waals surface area contributed by atoms with Crippen molar-refractivity contribution in [2.45, 2.75) is 47.9 Å². The van der Waals surface area contributed by atoms with E-state index in [0.717, 1.165) is 12.8 Å². The molecular formula is C70H59Cl2HfSi. The maximum absolute atomic E-state index is 9.68. The average Bonchev–Trinajstić information content (AvgIpc) is 4.17. The molecule has 10 aromatic carbocycles. The van der Waals surface area contributed by atoms with Crippen LogP contribution in [0.1, 0.15) is 70.1 Å². The van der Waals surface area contributed by atoms with E-state index in [1.54, 1.807) is 0 Å². The van der Waals surface area contributed by atoms with Crippen LogP contribution in [0.2, 0.25) is 0 Å². The fourth-order valence-electron chi connectivity index (χ4n) is 13.9. The van der Waals surface area contributed by atoms with Crippen LogP contribution in [0, 0.1) is 11.8 Å². The van der Waals surface area contributed by atoms with Crippen LogP contribution in [-0.2, 0) is 16.1 Å². The van der Waals surface area contributed by atoms with Gasteiger partial charge >= 0.3 is 451 Å². The summed E-state index contributed by atoms with van der Waals surface area (Å²) in [5, 5.41) is 7.94. The first-order valence-electron chi connectivity index (χ1n) is 26.7. The number of benzene rings is 10. The van der Waals surface area contributed by atoms with Crippen molar-refractivity contribution in [3.8, 4) is 55.6 Å². The van der Waals surface area contributed by atoms with Gasteiger partial charge in [-0.1, -0.05) is 0 Å². The Hall–Kier alpha value is -6.13. The molecule has 74 heavy (non-hydrogen) atoms. The molecule has 10 aromatic rings. The van der Waals surface area contributed by atoms with Gasteiger partial charge in [0.1, 0.15) is 0 Å². The zero-order valence-electron chi connectivity index (χ0n) is 42.5. The molecule has 1 heterocycles. The molecule has 2 unspecified atom stereocenters. The maximum atomic E-state index is 9.68. The second kappa shape index (κ2) is 18.6. The summed E-state index contributed by atoms with van der Waals surface area (Å²) in [6.07, 6.45) is 6.93. The van der Waals surface area contributed by atoms with Gasteiger partial charge in [0.25, 0.3) is 0 Å². The van der Waals surface area contributed by atoms with Crippen LogP contribution in [0.4, 0.5) is 0 Å². The van der Waals surface area contributed by atoms with Gasteiger partial charge in [-0.2, -0.15) is 0 Å². The van der Waals surface area contributed by atoms with Crippen LogP contribution < -0.4 is 13.7 Å². The van der Waals surface area contributed by atoms with Crippen molar-refractivity contribution in [2.24, 2.45) is 11.8 Å². The topological polar surface area (TPSA) is 0 Å². The van der Waals surface area contributed by atoms with Crippen molar-refractivity contribution < 1.29 is 16.1 Å². The van der Waals surface area contributed by atoms with Crippen molar-refractivity contribution in [1.82, 2.24) is 0 Å². The Morgan fingerprint density at radius 1 is 0.378 bits per heavy atom. The van der Waals surface area contributed by atoms with Gasteiger partial charge in [0.2, 0.25) is 0 Å². The van der Waals surface area contributed by atoms with Crippen molar-refractivity contribution in [2.75, 3.05) is 0 Å². The Kier molecular flexibility index (Phi) is 12.0. The third kappa shape index (κ3) is 7.61. The van der Waals surface area contributed by atoms with Gasteiger partial charge in [0.15, 0.2) is 0 Å². The molecule has 0 bridgehead atoms. The zero-order valence-corrected chi connectivity index (χ0v) is 49.1. The van der Waals surface area contributed by atoms with Gasteiger partial charge in [-0.25, -0.2) is 0 Å². The molecule has 13 rings (SSSR count). The van der Waals surface area contributed by atoms with Crippen LogP contribution in [-0.4, -0.2) is 9.52 Å². The second-order valence-corrected chi connectivity index (χ2v) is 53.2. The van der Waals surface area contributed by atoms with Crippen molar-refractivity contribution in [3.05, 3.63) is 246 Å². The van der Waals surface area contributed by atoms with Crippen LogP contribution in [0.3, 0.4) is 0 Å². The number of allylic oxidation sites excluding steroid dienone is 2. The molecule has 2 atom stereocenters. The third-order valence-electron chi connectivity index (χ3n) is 16.6. The quantitative estimate of drug-likeness (QED) is 0.113. The van der Waals surface area contributed by atoms with Gasteiger partial charge in [0, 0.05) is 0 Å². The van der Waals surface area contributed by atoms with E-state index in [1.807, 2.05) is 0 Å². The molecule has 3 aliphatic rings. The minimum absolute atomic E-state index is 0.167. The molecule has 0 saturated heterocycles. The van der Waals surface area contributed by atoms with E-state index in [1.165, 1.54) is 124 Å². The third-order valence-corrected chi connectivity index (χ3v) is 48.4. The van der Waals surface area contributed by atoms with Crippen LogP contribution in [0.5, 0.6) is 0 Å². The monoisotopic (exact) mass is 1180 g/mol. The predicted octanol–water partition coefficient (Wildman–Crippen LogP) is 17.8. The van der Waals surface area contributed by atoms with Gasteiger partial charge < -0.3 is 0 Å². The molecule has 4 heteroatoms. The van der Waals surface area contributed by atoms with Gasteiger partial charge in [0.05, 0.1) is 0 Å². The molecule has 2 aliphatic carbocycles. The van der Waals surface area contributed by atoms with E-state index >= 15 is 0 Å². The van der Waals surface area contributed by atoms with E-state index in [4.69, 9.17) is 0 Å². The Bertz CT molecular complexity index is 3750. The first-order chi connectivity index (χ1) is 36.1. The van der Waals surface area contributed by atoms with Gasteiger partial charge in [-0.05, 0) is 0 Å². The molecule has 0 nitrogen and oxygen atoms in total. The molecule has 0 aromatic heterocycles. The summed E-state index contributed by atoms with van der Waals surface area (Å²) in [5.41, 5.74) is 20.4. The Balaban J connectivity index is 1.08. The number of halogens is 2. The standard InChI is InChI=1S/2C29H25.C12H9Si.2ClH.Hf/c2*1-20(2)17-21-18-23-11-8-16-28(29(23)19-21)27-14-6-5-13-26(27)25-15-7-10-22-9-3-4-12-24(22)25;1-3-7-11-9(5-1)10-6-2-4-8-12(10)13-11;;;/h2*3-16,18-20H,17H2,1-2H3;1-7H,13H2;2*1H;/q;;;;;+2/p-2. The van der Waals surface area contributed by atoms with E-state index in [0.29, 0.717) is 11.8 Å². The summed E-state index contributed by atoms with van der Waals surface area (Å²) in [6, 6.07) is 79.3. The van der Waals surface area contributed by atoms with Gasteiger partial charge in [-0.3, -0.25) is 0 Å². The molecule has 0 saturated carbocycles. The van der Waals surface area contributed by atoms with Crippen LogP contribution in [0.15, 0.2) is 223 Å². The summed E-state index contributed by atoms with van der Waals surface area (Å²) < 4.78 is 0.952. The number of fused-ring (bicyclic) bond motifs is 7. The zero-order chi connectivity index (χ0) is 50.3. The second-order valence-electron chi connectivity index (χ2n) is 22.1. The fraction of sp³-hybridized carbons (Fsp3) is 0.143. The molecule has 0 amide bonds. The van der Waals surface area contributed by atoms with Crippen molar-refractivity contribution >= 4 is 74.1 Å². The summed E-state index contributed by atoms with van der Waals surface area (Å²) >= 11 is -6.07. The predicted molar refractivity (Wildman–Crippen MR) is 321 cm³/mol. The summed E-state index contributed by atoms with van der Waals surface area (Å²) in [6.45, 7) is 9.46. The van der Waals surface area contributed by atoms with E-state index in [-0.39, 0.29) is 7.35 Å². The summed E-state index contributed by atoms with van der Waals surface area (Å²) in [4.78, 5) is 0. The number of rotatable bonds is 11. The van der Waals surface area contributed by atoms with E-state index in [9.17, 15) is 17.2 Å². The molecule has 0 fully saturated rings. The van der Waals surface area contributed by atoms with Crippen molar-refractivity contribution in [1.29, 1.82) is 0 Å². The first-order valence-corrected chi connectivity index (χ1v) is 42.9. The van der Waals surface area contributed by atoms with Crippen LogP contribution in [0.25, 0.3) is 89.3 Å². The first kappa shape index (κ1) is 47.6. The SMILES string of the molecule is CC(C)CC1=Cc2c(-c3ccccc3-c3cccc4ccccc34)cccc2[CH]1[Hf]([Cl])([Cl])([c]1cccc2c1[SiH2]c1ccccc1-2)[CH]1C(CC(C)C)=Cc2c(-c3ccccc3-c3cccc4ccccc34)cccc21. The number of hydrogen-bond donors (Lipinski definition) is 0. The Labute approximate surface area is 447 Å². The summed E-state index contributed by atoms with van der Waals surface area (Å²) in [5.74, 6) is 0.773. The number of hydrogen-bond acceptors (Lipinski definition) is 0. The fourth-order valence-corrected chi connectivity index (χ4v) is 52.7. The molecule has 0 spiro atoms. The van der Waals surface area contributed by atoms with Crippen molar-refractivity contribution in [3.63, 3.8) is 0 Å². The normalized spacial score (nSPS) is 16.5. The molecule has 1 aliphatic heterocycles.